The van der Waals surface area contributed by atoms with Crippen LogP contribution in [0.25, 0.3) is 0 Å². The fourth-order valence-electron chi connectivity index (χ4n) is 5.49. The van der Waals surface area contributed by atoms with Gasteiger partial charge in [0, 0.05) is 23.9 Å². The first-order valence-electron chi connectivity index (χ1n) is 10.4. The van der Waals surface area contributed by atoms with E-state index < -0.39 is 27.4 Å². The lowest BCUT2D eigenvalue weighted by molar-refractivity contribution is -0.155. The smallest absolute Gasteiger partial charge is 0.311 e. The Bertz CT molecular complexity index is 713. The molecule has 5 atom stereocenters. The zero-order valence-corrected chi connectivity index (χ0v) is 18.5. The molecular formula is C21H32N2O5S. The average molecular weight is 425 g/mol. The van der Waals surface area contributed by atoms with Crippen LogP contribution in [0.1, 0.15) is 40.5 Å². The third kappa shape index (κ3) is 3.19. The zero-order chi connectivity index (χ0) is 21.6. The van der Waals surface area contributed by atoms with Gasteiger partial charge in [0.05, 0.1) is 29.8 Å². The van der Waals surface area contributed by atoms with E-state index in [0.717, 1.165) is 6.42 Å². The average Bonchev–Trinajstić information content (AvgIpc) is 3.21. The van der Waals surface area contributed by atoms with Gasteiger partial charge < -0.3 is 19.6 Å². The first-order valence-corrected chi connectivity index (χ1v) is 11.2. The summed E-state index contributed by atoms with van der Waals surface area (Å²) in [6.07, 6.45) is 3.13. The van der Waals surface area contributed by atoms with Crippen LogP contribution in [0.15, 0.2) is 12.7 Å². The van der Waals surface area contributed by atoms with Gasteiger partial charge in [0.2, 0.25) is 11.8 Å². The number of aliphatic hydroxyl groups excluding tert-OH is 1. The lowest BCUT2D eigenvalue weighted by Crippen LogP contribution is -2.56. The molecular weight excluding hydrogens is 392 g/mol. The van der Waals surface area contributed by atoms with Gasteiger partial charge in [-0.15, -0.1) is 18.3 Å². The molecule has 162 valence electrons. The number of hydrogen-bond acceptors (Lipinski definition) is 6. The molecule has 2 bridgehead atoms. The summed E-state index contributed by atoms with van der Waals surface area (Å²) in [5.74, 6) is -1.87. The Morgan fingerprint density at radius 2 is 2.14 bits per heavy atom. The van der Waals surface area contributed by atoms with Crippen molar-refractivity contribution in [3.63, 3.8) is 0 Å². The third-order valence-electron chi connectivity index (χ3n) is 6.62. The number of carbonyl (C=O) groups excluding carboxylic acids is 3. The predicted octanol–water partition coefficient (Wildman–Crippen LogP) is 1.45. The Morgan fingerprint density at radius 3 is 2.69 bits per heavy atom. The highest BCUT2D eigenvalue weighted by atomic mass is 32.2. The number of fused-ring (bicyclic) bond motifs is 1. The highest BCUT2D eigenvalue weighted by molar-refractivity contribution is 8.02. The predicted molar refractivity (Wildman–Crippen MR) is 111 cm³/mol. The SMILES string of the molecule is C=CCN(C(=O)C1N(CCO)C(=O)[C@@H]2[C@H](C(=O)OCC)[C@]3(C)CCC12S3)C(C)C. The normalized spacial score (nSPS) is 35.2. The monoisotopic (exact) mass is 424 g/mol. The summed E-state index contributed by atoms with van der Waals surface area (Å²) in [5, 5.41) is 9.60. The second-order valence-corrected chi connectivity index (χ2v) is 10.5. The lowest BCUT2D eigenvalue weighted by Gasteiger charge is -2.38. The summed E-state index contributed by atoms with van der Waals surface area (Å²) >= 11 is 1.61. The van der Waals surface area contributed by atoms with Gasteiger partial charge in [0.25, 0.3) is 0 Å². The number of hydrogen-bond donors (Lipinski definition) is 1. The number of amides is 2. The first kappa shape index (κ1) is 22.2. The molecule has 0 radical (unpaired) electrons. The molecule has 3 aliphatic heterocycles. The molecule has 3 saturated heterocycles. The minimum Gasteiger partial charge on any atom is -0.466 e. The Labute approximate surface area is 176 Å². The number of ether oxygens (including phenoxy) is 1. The van der Waals surface area contributed by atoms with Crippen LogP contribution < -0.4 is 0 Å². The van der Waals surface area contributed by atoms with Crippen LogP contribution in [0.5, 0.6) is 0 Å². The quantitative estimate of drug-likeness (QED) is 0.469. The number of rotatable bonds is 8. The molecule has 1 N–H and O–H groups in total. The molecule has 3 heterocycles. The minimum atomic E-state index is -0.694. The van der Waals surface area contributed by atoms with Crippen LogP contribution >= 0.6 is 11.8 Å². The largest absolute Gasteiger partial charge is 0.466 e. The summed E-state index contributed by atoms with van der Waals surface area (Å²) in [4.78, 5) is 43.3. The molecule has 3 rings (SSSR count). The van der Waals surface area contributed by atoms with Crippen LogP contribution in [0, 0.1) is 11.8 Å². The molecule has 2 unspecified atom stereocenters. The van der Waals surface area contributed by atoms with Crippen LogP contribution in [0.2, 0.25) is 0 Å². The third-order valence-corrected chi connectivity index (χ3v) is 8.61. The van der Waals surface area contributed by atoms with Gasteiger partial charge in [0.1, 0.15) is 6.04 Å². The molecule has 0 aromatic heterocycles. The van der Waals surface area contributed by atoms with E-state index in [2.05, 4.69) is 6.58 Å². The fraction of sp³-hybridized carbons (Fsp3) is 0.762. The number of likely N-dealkylation sites (tertiary alicyclic amines) is 1. The highest BCUT2D eigenvalue weighted by Gasteiger charge is 2.77. The van der Waals surface area contributed by atoms with E-state index in [1.165, 1.54) is 4.90 Å². The molecule has 0 saturated carbocycles. The Balaban J connectivity index is 2.07. The van der Waals surface area contributed by atoms with Gasteiger partial charge in [-0.2, -0.15) is 0 Å². The van der Waals surface area contributed by atoms with Crippen molar-refractivity contribution in [2.45, 2.75) is 62.1 Å². The van der Waals surface area contributed by atoms with Crippen molar-refractivity contribution in [3.8, 4) is 0 Å². The zero-order valence-electron chi connectivity index (χ0n) is 17.7. The molecule has 1 spiro atoms. The fourth-order valence-corrected chi connectivity index (χ4v) is 7.83. The van der Waals surface area contributed by atoms with Crippen molar-refractivity contribution in [2.24, 2.45) is 11.8 Å². The standard InChI is InChI=1S/C21H32N2O5S/c1-6-10-22(13(3)4)18(26)16-21-9-8-20(5,29-21)15(19(27)28-7-2)14(21)17(25)23(16)11-12-24/h6,13-16,24H,1,7-12H2,2-5H3/t14-,15+,16?,20-,21?/m0/s1. The number of thioether (sulfide) groups is 1. The molecule has 8 heteroatoms. The summed E-state index contributed by atoms with van der Waals surface area (Å²) < 4.78 is 4.25. The van der Waals surface area contributed by atoms with Crippen LogP contribution in [0.4, 0.5) is 0 Å². The van der Waals surface area contributed by atoms with Crippen molar-refractivity contribution in [3.05, 3.63) is 12.7 Å². The van der Waals surface area contributed by atoms with Crippen LogP contribution in [-0.2, 0) is 19.1 Å². The Kier molecular flexibility index (Phi) is 6.07. The number of nitrogens with zero attached hydrogens (tertiary/aromatic N) is 2. The van der Waals surface area contributed by atoms with E-state index in [1.807, 2.05) is 20.8 Å². The van der Waals surface area contributed by atoms with Gasteiger partial charge in [0.15, 0.2) is 0 Å². The minimum absolute atomic E-state index is 0.0536. The van der Waals surface area contributed by atoms with Gasteiger partial charge in [-0.3, -0.25) is 14.4 Å². The van der Waals surface area contributed by atoms with Gasteiger partial charge in [-0.05, 0) is 40.5 Å². The summed E-state index contributed by atoms with van der Waals surface area (Å²) in [6, 6.07) is -0.747. The maximum atomic E-state index is 13.7. The number of β-amino-alcohol motifs (C(OH)–C–C–N with tert-alkyl or cyclic N) is 1. The molecule has 2 amide bonds. The van der Waals surface area contributed by atoms with E-state index in [9.17, 15) is 19.5 Å². The van der Waals surface area contributed by atoms with Gasteiger partial charge in [-0.1, -0.05) is 6.08 Å². The molecule has 29 heavy (non-hydrogen) atoms. The van der Waals surface area contributed by atoms with E-state index in [4.69, 9.17) is 4.74 Å². The van der Waals surface area contributed by atoms with Gasteiger partial charge >= 0.3 is 5.97 Å². The van der Waals surface area contributed by atoms with E-state index in [0.29, 0.717) is 13.0 Å². The lowest BCUT2D eigenvalue weighted by atomic mass is 9.66. The second-order valence-electron chi connectivity index (χ2n) is 8.61. The van der Waals surface area contributed by atoms with Crippen molar-refractivity contribution < 1.29 is 24.2 Å². The summed E-state index contributed by atoms with van der Waals surface area (Å²) in [5.41, 5.74) is 0. The topological polar surface area (TPSA) is 87.2 Å². The van der Waals surface area contributed by atoms with E-state index in [-0.39, 0.29) is 43.6 Å². The summed E-state index contributed by atoms with van der Waals surface area (Å²) in [6.45, 7) is 11.9. The van der Waals surface area contributed by atoms with Gasteiger partial charge in [-0.25, -0.2) is 0 Å². The highest BCUT2D eigenvalue weighted by Crippen LogP contribution is 2.71. The van der Waals surface area contributed by atoms with Crippen LogP contribution in [-0.4, -0.2) is 80.6 Å². The van der Waals surface area contributed by atoms with Crippen molar-refractivity contribution >= 4 is 29.5 Å². The van der Waals surface area contributed by atoms with E-state index in [1.54, 1.807) is 29.7 Å². The maximum absolute atomic E-state index is 13.7. The molecule has 0 aromatic rings. The molecule has 3 aliphatic rings. The number of carbonyl (C=O) groups is 3. The number of esters is 1. The molecule has 7 nitrogen and oxygen atoms in total. The molecule has 0 aromatic carbocycles. The van der Waals surface area contributed by atoms with Crippen molar-refractivity contribution in [1.82, 2.24) is 9.80 Å². The second kappa shape index (κ2) is 7.95. The van der Waals surface area contributed by atoms with Crippen molar-refractivity contribution in [2.75, 3.05) is 26.3 Å². The maximum Gasteiger partial charge on any atom is 0.311 e. The van der Waals surface area contributed by atoms with Crippen molar-refractivity contribution in [1.29, 1.82) is 0 Å². The molecule has 3 fully saturated rings. The number of aliphatic hydroxyl groups is 1. The first-order chi connectivity index (χ1) is 13.7. The Morgan fingerprint density at radius 1 is 1.45 bits per heavy atom. The molecule has 0 aliphatic carbocycles. The Hall–Kier alpha value is -1.54. The van der Waals surface area contributed by atoms with Crippen LogP contribution in [0.3, 0.4) is 0 Å². The van der Waals surface area contributed by atoms with E-state index >= 15 is 0 Å². The summed E-state index contributed by atoms with van der Waals surface area (Å²) in [7, 11) is 0.